The van der Waals surface area contributed by atoms with Crippen molar-refractivity contribution in [2.75, 3.05) is 25.0 Å². The van der Waals surface area contributed by atoms with Gasteiger partial charge in [-0.25, -0.2) is 4.79 Å². The first kappa shape index (κ1) is 21.5. The van der Waals surface area contributed by atoms with E-state index in [1.807, 2.05) is 74.3 Å². The number of benzene rings is 3. The summed E-state index contributed by atoms with van der Waals surface area (Å²) in [5.74, 6) is -0.0759. The van der Waals surface area contributed by atoms with Gasteiger partial charge < -0.3 is 25.3 Å². The number of hydrogen-bond acceptors (Lipinski definition) is 4. The highest BCUT2D eigenvalue weighted by Gasteiger charge is 2.33. The highest BCUT2D eigenvalue weighted by molar-refractivity contribution is 5.97. The van der Waals surface area contributed by atoms with Gasteiger partial charge in [0, 0.05) is 37.0 Å². The Hall–Kier alpha value is -3.74. The third-order valence-electron chi connectivity index (χ3n) is 6.28. The second-order valence-corrected chi connectivity index (χ2v) is 8.37. The Balaban J connectivity index is 1.55. The van der Waals surface area contributed by atoms with Gasteiger partial charge in [0.2, 0.25) is 0 Å². The van der Waals surface area contributed by atoms with Crippen LogP contribution in [0.25, 0.3) is 10.8 Å². The molecule has 3 aromatic rings. The van der Waals surface area contributed by atoms with E-state index in [4.69, 9.17) is 5.11 Å². The number of amides is 2. The monoisotopic (exact) mass is 433 g/mol. The first-order chi connectivity index (χ1) is 15.3. The molecule has 0 aromatic heterocycles. The largest absolute Gasteiger partial charge is 0.508 e. The molecule has 1 atom stereocenters. The van der Waals surface area contributed by atoms with Crippen molar-refractivity contribution in [3.05, 3.63) is 71.3 Å². The number of nitrogens with zero attached hydrogens (tertiary/aromatic N) is 2. The van der Waals surface area contributed by atoms with Crippen LogP contribution < -0.4 is 10.2 Å². The molecule has 4 rings (SSSR count). The van der Waals surface area contributed by atoms with Gasteiger partial charge in [-0.1, -0.05) is 36.4 Å². The number of fused-ring (bicyclic) bond motifs is 1. The van der Waals surface area contributed by atoms with Gasteiger partial charge in [0.25, 0.3) is 5.91 Å². The zero-order chi connectivity index (χ0) is 23.0. The summed E-state index contributed by atoms with van der Waals surface area (Å²) in [4.78, 5) is 27.6. The molecule has 1 aliphatic heterocycles. The SMILES string of the molecule is Cc1ccc(N(C)C2CN(C(=O)O)C2)cc1C(=O)NC(C)c1c(O)ccc2ccccc12. The van der Waals surface area contributed by atoms with Crippen LogP contribution >= 0.6 is 0 Å². The molecule has 2 amide bonds. The smallest absolute Gasteiger partial charge is 0.407 e. The third kappa shape index (κ3) is 3.93. The van der Waals surface area contributed by atoms with Crippen LogP contribution in [0.15, 0.2) is 54.6 Å². The van der Waals surface area contributed by atoms with Crippen molar-refractivity contribution in [2.24, 2.45) is 0 Å². The standard InChI is InChI=1S/C25H27N3O4/c1-15-8-10-18(27(3)19-13-28(14-19)25(31)32)12-21(15)24(30)26-16(2)23-20-7-5-4-6-17(20)9-11-22(23)29/h4-12,16,19,29H,13-14H2,1-3H3,(H,26,30)(H,31,32). The number of anilines is 1. The van der Waals surface area contributed by atoms with Crippen LogP contribution in [0.5, 0.6) is 5.75 Å². The first-order valence-electron chi connectivity index (χ1n) is 10.6. The molecule has 3 N–H and O–H groups in total. The molecule has 7 nitrogen and oxygen atoms in total. The maximum absolute atomic E-state index is 13.2. The lowest BCUT2D eigenvalue weighted by Crippen LogP contribution is -2.60. The van der Waals surface area contributed by atoms with Crippen molar-refractivity contribution in [3.8, 4) is 5.75 Å². The van der Waals surface area contributed by atoms with E-state index in [1.54, 1.807) is 6.07 Å². The molecule has 0 bridgehead atoms. The minimum Gasteiger partial charge on any atom is -0.508 e. The fourth-order valence-electron chi connectivity index (χ4n) is 4.23. The zero-order valence-electron chi connectivity index (χ0n) is 18.4. The number of likely N-dealkylation sites (tertiary alicyclic amines) is 1. The van der Waals surface area contributed by atoms with Crippen molar-refractivity contribution >= 4 is 28.5 Å². The lowest BCUT2D eigenvalue weighted by atomic mass is 9.97. The number of phenols is 1. The molecule has 0 saturated carbocycles. The lowest BCUT2D eigenvalue weighted by Gasteiger charge is -2.43. The van der Waals surface area contributed by atoms with Crippen LogP contribution in [0, 0.1) is 6.92 Å². The Morgan fingerprint density at radius 3 is 2.56 bits per heavy atom. The summed E-state index contributed by atoms with van der Waals surface area (Å²) in [7, 11) is 1.91. The summed E-state index contributed by atoms with van der Waals surface area (Å²) in [6, 6.07) is 16.6. The average molecular weight is 434 g/mol. The van der Waals surface area contributed by atoms with E-state index >= 15 is 0 Å². The van der Waals surface area contributed by atoms with E-state index < -0.39 is 12.1 Å². The molecular formula is C25H27N3O4. The molecule has 0 spiro atoms. The van der Waals surface area contributed by atoms with Crippen molar-refractivity contribution in [2.45, 2.75) is 25.9 Å². The number of carbonyl (C=O) groups excluding carboxylic acids is 1. The van der Waals surface area contributed by atoms with E-state index in [2.05, 4.69) is 5.32 Å². The van der Waals surface area contributed by atoms with Crippen LogP contribution in [0.2, 0.25) is 0 Å². The van der Waals surface area contributed by atoms with E-state index in [1.165, 1.54) is 4.90 Å². The maximum Gasteiger partial charge on any atom is 0.407 e. The van der Waals surface area contributed by atoms with Crippen molar-refractivity contribution in [1.29, 1.82) is 0 Å². The second kappa shape index (κ2) is 8.42. The molecular weight excluding hydrogens is 406 g/mol. The molecule has 32 heavy (non-hydrogen) atoms. The Kier molecular flexibility index (Phi) is 5.65. The summed E-state index contributed by atoms with van der Waals surface area (Å²) in [5, 5.41) is 24.5. The Morgan fingerprint density at radius 1 is 1.12 bits per heavy atom. The minimum atomic E-state index is -0.913. The van der Waals surface area contributed by atoms with Crippen molar-refractivity contribution < 1.29 is 19.8 Å². The van der Waals surface area contributed by atoms with Gasteiger partial charge in [0.05, 0.1) is 12.1 Å². The number of aromatic hydroxyl groups is 1. The first-order valence-corrected chi connectivity index (χ1v) is 10.6. The number of carbonyl (C=O) groups is 2. The number of hydrogen-bond donors (Lipinski definition) is 3. The molecule has 166 valence electrons. The van der Waals surface area contributed by atoms with Crippen LogP contribution in [-0.2, 0) is 0 Å². The number of rotatable bonds is 5. The number of nitrogens with one attached hydrogen (secondary N) is 1. The molecule has 7 heteroatoms. The van der Waals surface area contributed by atoms with Gasteiger partial charge in [0.1, 0.15) is 5.75 Å². The predicted octanol–water partition coefficient (Wildman–Crippen LogP) is 4.14. The highest BCUT2D eigenvalue weighted by Crippen LogP contribution is 2.32. The van der Waals surface area contributed by atoms with Gasteiger partial charge in [-0.3, -0.25) is 4.79 Å². The van der Waals surface area contributed by atoms with E-state index in [0.717, 1.165) is 22.0 Å². The molecule has 1 heterocycles. The third-order valence-corrected chi connectivity index (χ3v) is 6.28. The quantitative estimate of drug-likeness (QED) is 0.562. The summed E-state index contributed by atoms with van der Waals surface area (Å²) in [5.41, 5.74) is 2.94. The van der Waals surface area contributed by atoms with Gasteiger partial charge >= 0.3 is 6.09 Å². The van der Waals surface area contributed by atoms with Gasteiger partial charge in [0.15, 0.2) is 0 Å². The Morgan fingerprint density at radius 2 is 1.84 bits per heavy atom. The molecule has 0 radical (unpaired) electrons. The summed E-state index contributed by atoms with van der Waals surface area (Å²) < 4.78 is 0. The normalized spacial score (nSPS) is 14.7. The maximum atomic E-state index is 13.2. The van der Waals surface area contributed by atoms with E-state index in [9.17, 15) is 14.7 Å². The number of aryl methyl sites for hydroxylation is 1. The molecule has 1 fully saturated rings. The molecule has 0 aliphatic carbocycles. The summed E-state index contributed by atoms with van der Waals surface area (Å²) >= 11 is 0. The van der Waals surface area contributed by atoms with Gasteiger partial charge in [-0.05, 0) is 48.4 Å². The number of phenolic OH excluding ortho intramolecular Hbond substituents is 1. The van der Waals surface area contributed by atoms with Gasteiger partial charge in [-0.15, -0.1) is 0 Å². The zero-order valence-corrected chi connectivity index (χ0v) is 18.4. The van der Waals surface area contributed by atoms with Crippen molar-refractivity contribution in [1.82, 2.24) is 10.2 Å². The molecule has 1 saturated heterocycles. The van der Waals surface area contributed by atoms with Crippen LogP contribution in [0.1, 0.15) is 34.5 Å². The topological polar surface area (TPSA) is 93.1 Å². The fourth-order valence-corrected chi connectivity index (χ4v) is 4.23. The van der Waals surface area contributed by atoms with Crippen LogP contribution in [-0.4, -0.2) is 53.3 Å². The Bertz CT molecular complexity index is 1190. The molecule has 1 aliphatic rings. The average Bonchev–Trinajstić information content (AvgIpc) is 2.72. The fraction of sp³-hybridized carbons (Fsp3) is 0.280. The molecule has 1 unspecified atom stereocenters. The number of likely N-dealkylation sites (N-methyl/N-ethyl adjacent to an activating group) is 1. The predicted molar refractivity (Wildman–Crippen MR) is 124 cm³/mol. The van der Waals surface area contributed by atoms with Crippen LogP contribution in [0.4, 0.5) is 10.5 Å². The molecule has 3 aromatic carbocycles. The summed E-state index contributed by atoms with van der Waals surface area (Å²) in [6.07, 6.45) is -0.913. The minimum absolute atomic E-state index is 0.0799. The number of carboxylic acid groups (broad SMARTS) is 1. The van der Waals surface area contributed by atoms with Crippen LogP contribution in [0.3, 0.4) is 0 Å². The van der Waals surface area contributed by atoms with E-state index in [0.29, 0.717) is 24.2 Å². The van der Waals surface area contributed by atoms with E-state index in [-0.39, 0.29) is 17.7 Å². The van der Waals surface area contributed by atoms with Gasteiger partial charge in [-0.2, -0.15) is 0 Å². The highest BCUT2D eigenvalue weighted by atomic mass is 16.4. The van der Waals surface area contributed by atoms with Crippen molar-refractivity contribution in [3.63, 3.8) is 0 Å². The Labute approximate surface area is 186 Å². The summed E-state index contributed by atoms with van der Waals surface area (Å²) in [6.45, 7) is 4.63. The second-order valence-electron chi connectivity index (χ2n) is 8.37. The lowest BCUT2D eigenvalue weighted by molar-refractivity contribution is 0.0939.